The molecule has 1 aromatic heterocycles. The van der Waals surface area contributed by atoms with E-state index in [1.54, 1.807) is 18.2 Å². The number of ketones is 1. The fourth-order valence-corrected chi connectivity index (χ4v) is 3.57. The summed E-state index contributed by atoms with van der Waals surface area (Å²) in [6.45, 7) is 4.45. The molecule has 3 rings (SSSR count). The van der Waals surface area contributed by atoms with Crippen molar-refractivity contribution in [2.45, 2.75) is 20.4 Å². The van der Waals surface area contributed by atoms with E-state index in [2.05, 4.69) is 5.10 Å². The van der Waals surface area contributed by atoms with E-state index in [0.29, 0.717) is 34.4 Å². The highest BCUT2D eigenvalue weighted by atomic mass is 35.5. The summed E-state index contributed by atoms with van der Waals surface area (Å²) in [6, 6.07) is 10.9. The first-order valence-electron chi connectivity index (χ1n) is 9.69. The molecule has 31 heavy (non-hydrogen) atoms. The minimum Gasteiger partial charge on any atom is -0.493 e. The van der Waals surface area contributed by atoms with Crippen LogP contribution in [-0.4, -0.2) is 36.9 Å². The summed E-state index contributed by atoms with van der Waals surface area (Å²) in [6.07, 6.45) is 3.31. The molecule has 0 amide bonds. The predicted octanol–water partition coefficient (Wildman–Crippen LogP) is 5.12. The molecule has 6 nitrogen and oxygen atoms in total. The predicted molar refractivity (Wildman–Crippen MR) is 122 cm³/mol. The number of methoxy groups -OCH3 is 3. The summed E-state index contributed by atoms with van der Waals surface area (Å²) in [4.78, 5) is 12.8. The third kappa shape index (κ3) is 4.75. The molecule has 0 saturated carbocycles. The molecule has 0 fully saturated rings. The molecule has 1 heterocycles. The van der Waals surface area contributed by atoms with Crippen LogP contribution in [0.1, 0.15) is 32.9 Å². The van der Waals surface area contributed by atoms with E-state index in [1.807, 2.05) is 42.8 Å². The van der Waals surface area contributed by atoms with Gasteiger partial charge in [-0.15, -0.1) is 0 Å². The number of carbonyl (C=O) groups is 1. The van der Waals surface area contributed by atoms with Crippen LogP contribution in [0.15, 0.2) is 42.5 Å². The van der Waals surface area contributed by atoms with Crippen LogP contribution in [0.3, 0.4) is 0 Å². The van der Waals surface area contributed by atoms with Crippen molar-refractivity contribution in [1.29, 1.82) is 0 Å². The number of halogens is 1. The van der Waals surface area contributed by atoms with Crippen molar-refractivity contribution in [2.75, 3.05) is 21.3 Å². The highest BCUT2D eigenvalue weighted by Gasteiger charge is 2.16. The van der Waals surface area contributed by atoms with Crippen molar-refractivity contribution >= 4 is 23.5 Å². The molecule has 0 spiro atoms. The largest absolute Gasteiger partial charge is 0.493 e. The minimum atomic E-state index is -0.183. The molecular formula is C24H25ClN2O4. The maximum absolute atomic E-state index is 12.8. The molecule has 0 saturated heterocycles. The average Bonchev–Trinajstić information content (AvgIpc) is 3.04. The van der Waals surface area contributed by atoms with Crippen LogP contribution in [0.25, 0.3) is 6.08 Å². The van der Waals surface area contributed by atoms with Crippen LogP contribution in [-0.2, 0) is 6.54 Å². The molecule has 0 aliphatic carbocycles. The van der Waals surface area contributed by atoms with Crippen molar-refractivity contribution in [3.63, 3.8) is 0 Å². The zero-order valence-corrected chi connectivity index (χ0v) is 19.0. The lowest BCUT2D eigenvalue weighted by atomic mass is 10.1. The van der Waals surface area contributed by atoms with E-state index in [4.69, 9.17) is 25.8 Å². The van der Waals surface area contributed by atoms with Crippen molar-refractivity contribution in [1.82, 2.24) is 9.78 Å². The molecule has 162 valence electrons. The van der Waals surface area contributed by atoms with E-state index >= 15 is 0 Å². The monoisotopic (exact) mass is 440 g/mol. The van der Waals surface area contributed by atoms with E-state index in [0.717, 1.165) is 22.5 Å². The molecule has 3 aromatic rings. The molecule has 0 N–H and O–H groups in total. The number of hydrogen-bond acceptors (Lipinski definition) is 5. The summed E-state index contributed by atoms with van der Waals surface area (Å²) >= 11 is 6.29. The molecule has 0 aliphatic rings. The number of benzene rings is 2. The van der Waals surface area contributed by atoms with Gasteiger partial charge in [0.1, 0.15) is 0 Å². The Kier molecular flexibility index (Phi) is 7.02. The highest BCUT2D eigenvalue weighted by molar-refractivity contribution is 6.31. The van der Waals surface area contributed by atoms with Gasteiger partial charge >= 0.3 is 0 Å². The van der Waals surface area contributed by atoms with Crippen LogP contribution in [0.5, 0.6) is 17.2 Å². The Morgan fingerprint density at radius 2 is 1.71 bits per heavy atom. The van der Waals surface area contributed by atoms with Crippen LogP contribution >= 0.6 is 11.6 Å². The number of hydrogen-bond donors (Lipinski definition) is 0. The van der Waals surface area contributed by atoms with Crippen molar-refractivity contribution < 1.29 is 19.0 Å². The van der Waals surface area contributed by atoms with Gasteiger partial charge in [0.15, 0.2) is 17.3 Å². The molecule has 7 heteroatoms. The fourth-order valence-electron chi connectivity index (χ4n) is 3.37. The number of ether oxygens (including phenoxy) is 3. The summed E-state index contributed by atoms with van der Waals surface area (Å²) in [5, 5.41) is 5.31. The van der Waals surface area contributed by atoms with E-state index in [-0.39, 0.29) is 5.78 Å². The van der Waals surface area contributed by atoms with Gasteiger partial charge in [0, 0.05) is 21.8 Å². The Morgan fingerprint density at radius 1 is 1.06 bits per heavy atom. The van der Waals surface area contributed by atoms with Gasteiger partial charge in [0.25, 0.3) is 0 Å². The molecule has 0 atom stereocenters. The third-order valence-electron chi connectivity index (χ3n) is 5.07. The van der Waals surface area contributed by atoms with Gasteiger partial charge in [-0.1, -0.05) is 29.8 Å². The molecule has 0 bridgehead atoms. The van der Waals surface area contributed by atoms with Crippen LogP contribution in [0.2, 0.25) is 5.02 Å². The number of aryl methyl sites for hydroxylation is 1. The molecule has 0 aliphatic heterocycles. The average molecular weight is 441 g/mol. The van der Waals surface area contributed by atoms with Crippen molar-refractivity contribution in [3.05, 3.63) is 75.6 Å². The molecule has 0 unspecified atom stereocenters. The van der Waals surface area contributed by atoms with Gasteiger partial charge in [-0.2, -0.15) is 5.10 Å². The standard InChI is InChI=1S/C24H25ClN2O4/c1-15-19(16(2)27(26-15)14-17-8-6-7-9-20(17)25)10-11-21(28)18-12-22(29-3)24(31-5)23(13-18)30-4/h6-13H,14H2,1-5H3/b11-10+. The zero-order valence-electron chi connectivity index (χ0n) is 18.2. The van der Waals surface area contributed by atoms with E-state index in [1.165, 1.54) is 27.4 Å². The second-order valence-corrected chi connectivity index (χ2v) is 7.35. The Morgan fingerprint density at radius 3 is 2.29 bits per heavy atom. The Hall–Kier alpha value is -3.25. The quantitative estimate of drug-likeness (QED) is 0.359. The lowest BCUT2D eigenvalue weighted by Gasteiger charge is -2.13. The zero-order chi connectivity index (χ0) is 22.5. The number of allylic oxidation sites excluding steroid dienone is 1. The highest BCUT2D eigenvalue weighted by Crippen LogP contribution is 2.38. The van der Waals surface area contributed by atoms with Crippen LogP contribution in [0, 0.1) is 13.8 Å². The number of carbonyl (C=O) groups excluding carboxylic acids is 1. The van der Waals surface area contributed by atoms with Crippen molar-refractivity contribution in [3.8, 4) is 17.2 Å². The number of rotatable bonds is 8. The summed E-state index contributed by atoms with van der Waals surface area (Å²) in [5.41, 5.74) is 4.10. The Bertz CT molecular complexity index is 1110. The number of nitrogens with zero attached hydrogens (tertiary/aromatic N) is 2. The topological polar surface area (TPSA) is 62.6 Å². The second kappa shape index (κ2) is 9.71. The van der Waals surface area contributed by atoms with Gasteiger partial charge in [-0.3, -0.25) is 9.48 Å². The minimum absolute atomic E-state index is 0.183. The lowest BCUT2D eigenvalue weighted by Crippen LogP contribution is -2.04. The maximum atomic E-state index is 12.8. The van der Waals surface area contributed by atoms with Gasteiger partial charge in [0.2, 0.25) is 5.75 Å². The smallest absolute Gasteiger partial charge is 0.203 e. The normalized spacial score (nSPS) is 11.0. The third-order valence-corrected chi connectivity index (χ3v) is 5.43. The summed E-state index contributed by atoms with van der Waals surface area (Å²) in [7, 11) is 4.55. The number of aromatic nitrogens is 2. The Balaban J connectivity index is 1.88. The van der Waals surface area contributed by atoms with Crippen LogP contribution < -0.4 is 14.2 Å². The summed E-state index contributed by atoms with van der Waals surface area (Å²) in [5.74, 6) is 1.12. The maximum Gasteiger partial charge on any atom is 0.203 e. The fraction of sp³-hybridized carbons (Fsp3) is 0.250. The van der Waals surface area contributed by atoms with Gasteiger partial charge in [0.05, 0.1) is 33.6 Å². The first-order chi connectivity index (χ1) is 14.9. The molecule has 0 radical (unpaired) electrons. The van der Waals surface area contributed by atoms with E-state index in [9.17, 15) is 4.79 Å². The van der Waals surface area contributed by atoms with Crippen molar-refractivity contribution in [2.24, 2.45) is 0 Å². The SMILES string of the molecule is COc1cc(C(=O)/C=C/c2c(C)nn(Cc3ccccc3Cl)c2C)cc(OC)c1OC. The van der Waals surface area contributed by atoms with Gasteiger partial charge < -0.3 is 14.2 Å². The first-order valence-corrected chi connectivity index (χ1v) is 10.1. The van der Waals surface area contributed by atoms with Crippen LogP contribution in [0.4, 0.5) is 0 Å². The molecule has 2 aromatic carbocycles. The Labute approximate surface area is 187 Å². The molecular weight excluding hydrogens is 416 g/mol. The first kappa shape index (κ1) is 22.4. The second-order valence-electron chi connectivity index (χ2n) is 6.95. The van der Waals surface area contributed by atoms with E-state index < -0.39 is 0 Å². The van der Waals surface area contributed by atoms with Gasteiger partial charge in [-0.05, 0) is 49.8 Å². The lowest BCUT2D eigenvalue weighted by molar-refractivity contribution is 0.104. The summed E-state index contributed by atoms with van der Waals surface area (Å²) < 4.78 is 17.9. The van der Waals surface area contributed by atoms with Gasteiger partial charge in [-0.25, -0.2) is 0 Å².